The fraction of sp³-hybridized carbons (Fsp3) is 0.250. The van der Waals surface area contributed by atoms with Crippen molar-refractivity contribution in [2.24, 2.45) is 0 Å². The molecule has 3 heterocycles. The maximum Gasteiger partial charge on any atom is 0.333 e. The summed E-state index contributed by atoms with van der Waals surface area (Å²) in [7, 11) is 0. The molecule has 1 amide bonds. The van der Waals surface area contributed by atoms with Crippen LogP contribution in [0.15, 0.2) is 17.8 Å². The Labute approximate surface area is 127 Å². The van der Waals surface area contributed by atoms with Crippen molar-refractivity contribution in [1.82, 2.24) is 10.3 Å². The van der Waals surface area contributed by atoms with Gasteiger partial charge in [0.2, 0.25) is 5.91 Å². The van der Waals surface area contributed by atoms with E-state index in [0.29, 0.717) is 11.4 Å². The molecule has 2 aliphatic rings. The van der Waals surface area contributed by atoms with E-state index in [1.54, 1.807) is 0 Å². The number of aromatic nitrogens is 1. The van der Waals surface area contributed by atoms with Gasteiger partial charge >= 0.3 is 5.97 Å². The molecule has 2 aliphatic heterocycles. The number of nitrogens with one attached hydrogen (secondary N) is 2. The first-order chi connectivity index (χ1) is 9.89. The van der Waals surface area contributed by atoms with Crippen LogP contribution in [0.25, 0.3) is 0 Å². The molecule has 0 aromatic carbocycles. The summed E-state index contributed by atoms with van der Waals surface area (Å²) in [5.41, 5.74) is 0.661. The molecule has 110 valence electrons. The molecule has 1 aromatic heterocycles. The molecule has 1 saturated heterocycles. The summed E-state index contributed by atoms with van der Waals surface area (Å²) >= 11 is 6.76. The molecule has 3 N–H and O–H groups in total. The molecule has 0 saturated carbocycles. The third-order valence-electron chi connectivity index (χ3n) is 3.14. The summed E-state index contributed by atoms with van der Waals surface area (Å²) in [6, 6.07) is 1.44. The topological polar surface area (TPSA) is 91.3 Å². The van der Waals surface area contributed by atoms with E-state index in [1.807, 2.05) is 0 Å². The van der Waals surface area contributed by atoms with E-state index in [-0.39, 0.29) is 28.5 Å². The summed E-state index contributed by atoms with van der Waals surface area (Å²) < 4.78 is 14.7. The maximum atomic E-state index is 14.7. The molecule has 1 aromatic rings. The third-order valence-corrected chi connectivity index (χ3v) is 4.56. The zero-order chi connectivity index (χ0) is 15.2. The van der Waals surface area contributed by atoms with Crippen LogP contribution < -0.4 is 10.6 Å². The van der Waals surface area contributed by atoms with E-state index >= 15 is 0 Å². The van der Waals surface area contributed by atoms with Gasteiger partial charge < -0.3 is 15.7 Å². The van der Waals surface area contributed by atoms with Gasteiger partial charge in [-0.05, 0) is 6.07 Å². The number of fused-ring (bicyclic) bond motifs is 1. The number of aliphatic carboxylic acids is 1. The zero-order valence-electron chi connectivity index (χ0n) is 10.4. The number of rotatable bonds is 2. The van der Waals surface area contributed by atoms with Crippen LogP contribution >= 0.6 is 23.4 Å². The number of nitrogens with zero attached hydrogens (tertiary/aromatic N) is 1. The van der Waals surface area contributed by atoms with Crippen LogP contribution in [0.4, 0.5) is 10.2 Å². The van der Waals surface area contributed by atoms with Crippen LogP contribution in [0, 0.1) is 0 Å². The third kappa shape index (κ3) is 2.44. The van der Waals surface area contributed by atoms with Crippen molar-refractivity contribution in [3.05, 3.63) is 34.1 Å². The van der Waals surface area contributed by atoms with Gasteiger partial charge in [0.1, 0.15) is 11.0 Å². The van der Waals surface area contributed by atoms with Gasteiger partial charge in [0.25, 0.3) is 5.12 Å². The van der Waals surface area contributed by atoms with E-state index in [2.05, 4.69) is 15.6 Å². The lowest BCUT2D eigenvalue weighted by Gasteiger charge is -2.23. The normalized spacial score (nSPS) is 23.9. The predicted molar refractivity (Wildman–Crippen MR) is 75.7 cm³/mol. The highest BCUT2D eigenvalue weighted by Crippen LogP contribution is 2.43. The molecule has 0 radical (unpaired) electrons. The highest BCUT2D eigenvalue weighted by Gasteiger charge is 2.43. The number of carbonyl (C=O) groups is 2. The second-order valence-corrected chi connectivity index (χ2v) is 6.06. The summed E-state index contributed by atoms with van der Waals surface area (Å²) in [6.45, 7) is 0. The molecule has 1 fully saturated rings. The van der Waals surface area contributed by atoms with Gasteiger partial charge in [0.05, 0.1) is 16.9 Å². The maximum absolute atomic E-state index is 14.7. The van der Waals surface area contributed by atoms with E-state index < -0.39 is 17.0 Å². The number of hydrogen-bond donors (Lipinski definition) is 3. The summed E-state index contributed by atoms with van der Waals surface area (Å²) in [4.78, 5) is 26.3. The highest BCUT2D eigenvalue weighted by molar-refractivity contribution is 8.01. The quantitative estimate of drug-likeness (QED) is 0.564. The minimum absolute atomic E-state index is 0.0115. The number of carboxylic acids is 1. The van der Waals surface area contributed by atoms with Crippen molar-refractivity contribution in [2.75, 3.05) is 11.1 Å². The van der Waals surface area contributed by atoms with Crippen molar-refractivity contribution in [1.29, 1.82) is 0 Å². The number of amides is 1. The number of halogens is 2. The Hall–Kier alpha value is -1.80. The molecular weight excluding hydrogens is 321 g/mol. The minimum atomic E-state index is -2.14. The second kappa shape index (κ2) is 4.88. The Kier molecular flexibility index (Phi) is 3.29. The number of thioether (sulfide) groups is 1. The fourth-order valence-corrected chi connectivity index (χ4v) is 3.35. The molecule has 6 nitrogen and oxygen atoms in total. The van der Waals surface area contributed by atoms with Gasteiger partial charge in [-0.15, -0.1) is 0 Å². The number of alkyl halides is 1. The summed E-state index contributed by atoms with van der Waals surface area (Å²) in [5.74, 6) is -1.13. The van der Waals surface area contributed by atoms with Gasteiger partial charge in [-0.25, -0.2) is 14.2 Å². The monoisotopic (exact) mass is 329 g/mol. The molecule has 9 heteroatoms. The van der Waals surface area contributed by atoms with Gasteiger partial charge in [-0.2, -0.15) is 0 Å². The number of carbonyl (C=O) groups excluding carboxylic acids is 1. The molecule has 0 aliphatic carbocycles. The fourth-order valence-electron chi connectivity index (χ4n) is 2.13. The van der Waals surface area contributed by atoms with E-state index in [1.165, 1.54) is 12.3 Å². The Balaban J connectivity index is 2.01. The van der Waals surface area contributed by atoms with Crippen molar-refractivity contribution >= 4 is 41.1 Å². The number of pyridine rings is 1. The van der Waals surface area contributed by atoms with Crippen molar-refractivity contribution in [2.45, 2.75) is 11.5 Å². The average molecular weight is 330 g/mol. The molecule has 1 atom stereocenters. The standard InChI is InChI=1S/C12H9ClFN3O3S/c13-9-7(12(14)17-8(18)4-21-12)2-5-1-6(11(19)20)3-15-10(5)16-9/h2-3H,1,4H2,(H,15,16)(H,17,18)(H,19,20). The van der Waals surface area contributed by atoms with Gasteiger partial charge in [-0.1, -0.05) is 23.4 Å². The van der Waals surface area contributed by atoms with E-state index in [9.17, 15) is 14.0 Å². The molecule has 3 rings (SSSR count). The molecule has 0 bridgehead atoms. The Morgan fingerprint density at radius 3 is 2.95 bits per heavy atom. The Morgan fingerprint density at radius 2 is 2.33 bits per heavy atom. The largest absolute Gasteiger partial charge is 0.478 e. The first kappa shape index (κ1) is 14.2. The lowest BCUT2D eigenvalue weighted by molar-refractivity contribution is -0.132. The van der Waals surface area contributed by atoms with Gasteiger partial charge in [0.15, 0.2) is 0 Å². The number of anilines is 1. The smallest absolute Gasteiger partial charge is 0.333 e. The van der Waals surface area contributed by atoms with Gasteiger partial charge in [-0.3, -0.25) is 4.79 Å². The summed E-state index contributed by atoms with van der Waals surface area (Å²) in [5, 5.41) is 11.7. The molecule has 0 spiro atoms. The number of hydrogen-bond acceptors (Lipinski definition) is 5. The Bertz CT molecular complexity index is 697. The average Bonchev–Trinajstić information content (AvgIpc) is 2.78. The number of carboxylic acid groups (broad SMARTS) is 1. The van der Waals surface area contributed by atoms with Crippen LogP contribution in [0.5, 0.6) is 0 Å². The second-order valence-electron chi connectivity index (χ2n) is 4.56. The SMILES string of the molecule is O=C1CSC(F)(c2cc3c(nc2Cl)NC=C(C(=O)O)C3)N1. The Morgan fingerprint density at radius 1 is 1.57 bits per heavy atom. The molecular formula is C12H9ClFN3O3S. The van der Waals surface area contributed by atoms with Crippen LogP contribution in [0.1, 0.15) is 11.1 Å². The predicted octanol–water partition coefficient (Wildman–Crippen LogP) is 1.61. The minimum Gasteiger partial charge on any atom is -0.478 e. The lowest BCUT2D eigenvalue weighted by atomic mass is 10.0. The van der Waals surface area contributed by atoms with Crippen LogP contribution in [0.3, 0.4) is 0 Å². The highest BCUT2D eigenvalue weighted by atomic mass is 35.5. The lowest BCUT2D eigenvalue weighted by Crippen LogP contribution is -2.33. The van der Waals surface area contributed by atoms with E-state index in [0.717, 1.165) is 11.8 Å². The van der Waals surface area contributed by atoms with E-state index in [4.69, 9.17) is 16.7 Å². The van der Waals surface area contributed by atoms with Crippen molar-refractivity contribution in [3.63, 3.8) is 0 Å². The van der Waals surface area contributed by atoms with Crippen LogP contribution in [-0.2, 0) is 21.1 Å². The van der Waals surface area contributed by atoms with Gasteiger partial charge in [0, 0.05) is 18.2 Å². The zero-order valence-corrected chi connectivity index (χ0v) is 12.0. The first-order valence-electron chi connectivity index (χ1n) is 5.92. The van der Waals surface area contributed by atoms with Crippen molar-refractivity contribution < 1.29 is 19.1 Å². The molecule has 21 heavy (non-hydrogen) atoms. The van der Waals surface area contributed by atoms with Crippen LogP contribution in [0.2, 0.25) is 5.15 Å². The first-order valence-corrected chi connectivity index (χ1v) is 7.28. The van der Waals surface area contributed by atoms with Crippen molar-refractivity contribution in [3.8, 4) is 0 Å². The van der Waals surface area contributed by atoms with Crippen LogP contribution in [-0.4, -0.2) is 27.7 Å². The summed E-state index contributed by atoms with van der Waals surface area (Å²) in [6.07, 6.45) is 1.43. The molecule has 1 unspecified atom stereocenters.